The fourth-order valence-corrected chi connectivity index (χ4v) is 2.81. The van der Waals surface area contributed by atoms with Crippen LogP contribution < -0.4 is 11.1 Å². The lowest BCUT2D eigenvalue weighted by Gasteiger charge is -2.08. The highest BCUT2D eigenvalue weighted by molar-refractivity contribution is 7.09. The first kappa shape index (κ1) is 15.3. The molecule has 0 bridgehead atoms. The molecule has 2 rings (SSSR count). The molecule has 1 amide bonds. The van der Waals surface area contributed by atoms with Crippen molar-refractivity contribution in [2.24, 2.45) is 5.73 Å². The van der Waals surface area contributed by atoms with Gasteiger partial charge in [0.05, 0.1) is 15.7 Å². The van der Waals surface area contributed by atoms with Crippen LogP contribution in [0.1, 0.15) is 21.1 Å². The van der Waals surface area contributed by atoms with E-state index >= 15 is 0 Å². The molecule has 20 heavy (non-hydrogen) atoms. The smallest absolute Gasteiger partial charge is 0.275 e. The van der Waals surface area contributed by atoms with Crippen LogP contribution in [0.4, 0.5) is 5.69 Å². The van der Waals surface area contributed by atoms with Crippen molar-refractivity contribution >= 4 is 46.1 Å². The van der Waals surface area contributed by atoms with Crippen molar-refractivity contribution in [1.29, 1.82) is 0 Å². The summed E-state index contributed by atoms with van der Waals surface area (Å²) in [5.41, 5.74) is 7.14. The minimum atomic E-state index is -0.314. The van der Waals surface area contributed by atoms with Crippen molar-refractivity contribution in [3.8, 4) is 0 Å². The molecule has 0 aliphatic carbocycles. The number of nitrogens with zero attached hydrogens (tertiary/aromatic N) is 1. The number of hydrogen-bond acceptors (Lipinski definition) is 4. The average molecular weight is 330 g/mol. The lowest BCUT2D eigenvalue weighted by molar-refractivity contribution is 0.102. The van der Waals surface area contributed by atoms with Gasteiger partial charge in [-0.2, -0.15) is 0 Å². The van der Waals surface area contributed by atoms with E-state index in [0.29, 0.717) is 34.4 Å². The van der Waals surface area contributed by atoms with Crippen LogP contribution in [0.5, 0.6) is 0 Å². The Balaban J connectivity index is 2.16. The molecule has 1 aromatic heterocycles. The van der Waals surface area contributed by atoms with Crippen LogP contribution in [0.3, 0.4) is 0 Å². The highest BCUT2D eigenvalue weighted by Crippen LogP contribution is 2.29. The molecule has 7 heteroatoms. The van der Waals surface area contributed by atoms with Gasteiger partial charge in [0.2, 0.25) is 0 Å². The van der Waals surface area contributed by atoms with Gasteiger partial charge in [0.1, 0.15) is 5.69 Å². The van der Waals surface area contributed by atoms with Crippen molar-refractivity contribution in [2.75, 3.05) is 11.9 Å². The molecule has 4 nitrogen and oxygen atoms in total. The summed E-state index contributed by atoms with van der Waals surface area (Å²) in [5, 5.41) is 6.23. The second-order valence-corrected chi connectivity index (χ2v) is 5.96. The van der Waals surface area contributed by atoms with Crippen LogP contribution >= 0.6 is 34.5 Å². The topological polar surface area (TPSA) is 68.0 Å². The monoisotopic (exact) mass is 329 g/mol. The molecular formula is C13H13Cl2N3OS. The molecule has 1 heterocycles. The number of halogens is 2. The van der Waals surface area contributed by atoms with Gasteiger partial charge in [-0.25, -0.2) is 4.98 Å². The molecule has 2 aromatic rings. The van der Waals surface area contributed by atoms with Crippen LogP contribution in [-0.4, -0.2) is 17.4 Å². The van der Waals surface area contributed by atoms with E-state index in [0.717, 1.165) is 10.6 Å². The zero-order valence-corrected chi connectivity index (χ0v) is 13.1. The molecule has 0 saturated carbocycles. The summed E-state index contributed by atoms with van der Waals surface area (Å²) in [6.45, 7) is 2.35. The van der Waals surface area contributed by atoms with Gasteiger partial charge in [-0.3, -0.25) is 4.79 Å². The molecule has 1 aromatic carbocycles. The Hall–Kier alpha value is -1.14. The number of nitrogens with one attached hydrogen (secondary N) is 1. The maximum Gasteiger partial charge on any atom is 0.275 e. The van der Waals surface area contributed by atoms with Crippen molar-refractivity contribution < 1.29 is 4.79 Å². The van der Waals surface area contributed by atoms with Crippen molar-refractivity contribution in [2.45, 2.75) is 13.3 Å². The first-order chi connectivity index (χ1) is 9.51. The number of rotatable bonds is 4. The second kappa shape index (κ2) is 6.54. The second-order valence-electron chi connectivity index (χ2n) is 4.20. The molecule has 0 fully saturated rings. The third-order valence-electron chi connectivity index (χ3n) is 2.64. The first-order valence-corrected chi connectivity index (χ1v) is 7.56. The number of aromatic nitrogens is 1. The van der Waals surface area contributed by atoms with Crippen molar-refractivity contribution in [3.63, 3.8) is 0 Å². The summed E-state index contributed by atoms with van der Waals surface area (Å²) in [7, 11) is 0. The number of carbonyl (C=O) groups excluding carboxylic acids is 1. The largest absolute Gasteiger partial charge is 0.330 e. The van der Waals surface area contributed by atoms with Crippen LogP contribution in [0, 0.1) is 6.92 Å². The minimum Gasteiger partial charge on any atom is -0.330 e. The van der Waals surface area contributed by atoms with Crippen molar-refractivity contribution in [1.82, 2.24) is 4.98 Å². The number of benzene rings is 1. The van der Waals surface area contributed by atoms with Gasteiger partial charge >= 0.3 is 0 Å². The van der Waals surface area contributed by atoms with Gasteiger partial charge in [0.25, 0.3) is 5.91 Å². The van der Waals surface area contributed by atoms with Gasteiger partial charge in [-0.15, -0.1) is 11.3 Å². The van der Waals surface area contributed by atoms with Gasteiger partial charge in [-0.05, 0) is 31.2 Å². The molecule has 0 saturated heterocycles. The number of nitrogens with two attached hydrogens (primary N) is 1. The lowest BCUT2D eigenvalue weighted by atomic mass is 10.2. The molecule has 0 atom stereocenters. The van der Waals surface area contributed by atoms with Crippen LogP contribution in [0.15, 0.2) is 17.5 Å². The Morgan fingerprint density at radius 1 is 1.40 bits per heavy atom. The lowest BCUT2D eigenvalue weighted by Crippen LogP contribution is -2.13. The SMILES string of the molecule is Cc1cc(Cl)c(NC(=O)c2csc(CCN)n2)cc1Cl. The maximum absolute atomic E-state index is 12.1. The Bertz CT molecular complexity index is 643. The predicted molar refractivity (Wildman–Crippen MR) is 84.0 cm³/mol. The fourth-order valence-electron chi connectivity index (χ4n) is 1.58. The van der Waals surface area contributed by atoms with E-state index in [-0.39, 0.29) is 5.91 Å². The third-order valence-corrected chi connectivity index (χ3v) is 4.27. The Morgan fingerprint density at radius 2 is 2.15 bits per heavy atom. The van der Waals surface area contributed by atoms with Crippen LogP contribution in [0.2, 0.25) is 10.0 Å². The van der Waals surface area contributed by atoms with E-state index in [9.17, 15) is 4.79 Å². The molecule has 0 radical (unpaired) electrons. The van der Waals surface area contributed by atoms with Crippen LogP contribution in [-0.2, 0) is 6.42 Å². The summed E-state index contributed by atoms with van der Waals surface area (Å²) in [6.07, 6.45) is 0.662. The quantitative estimate of drug-likeness (QED) is 0.901. The number of aryl methyl sites for hydroxylation is 1. The summed E-state index contributed by atoms with van der Waals surface area (Å²) in [5.74, 6) is -0.314. The molecule has 0 unspecified atom stereocenters. The van der Waals surface area contributed by atoms with Crippen molar-refractivity contribution in [3.05, 3.63) is 43.8 Å². The number of thiazole rings is 1. The summed E-state index contributed by atoms with van der Waals surface area (Å²) < 4.78 is 0. The molecule has 3 N–H and O–H groups in total. The predicted octanol–water partition coefficient (Wildman–Crippen LogP) is 3.51. The summed E-state index contributed by atoms with van der Waals surface area (Å²) in [6, 6.07) is 3.34. The van der Waals surface area contributed by atoms with E-state index in [1.807, 2.05) is 6.92 Å². The highest BCUT2D eigenvalue weighted by atomic mass is 35.5. The Labute approximate surface area is 130 Å². The third kappa shape index (κ3) is 3.49. The zero-order valence-electron chi connectivity index (χ0n) is 10.7. The minimum absolute atomic E-state index is 0.314. The van der Waals surface area contributed by atoms with Gasteiger partial charge < -0.3 is 11.1 Å². The maximum atomic E-state index is 12.1. The standard InChI is InChI=1S/C13H13Cl2N3OS/c1-7-4-9(15)10(5-8(7)14)18-13(19)11-6-20-12(17-11)2-3-16/h4-6H,2-3,16H2,1H3,(H,18,19). The number of hydrogen-bond donors (Lipinski definition) is 2. The normalized spacial score (nSPS) is 10.6. The number of amides is 1. The molecule has 106 valence electrons. The van der Waals surface area contributed by atoms with E-state index in [4.69, 9.17) is 28.9 Å². The fraction of sp³-hybridized carbons (Fsp3) is 0.231. The average Bonchev–Trinajstić information content (AvgIpc) is 2.85. The highest BCUT2D eigenvalue weighted by Gasteiger charge is 2.13. The van der Waals surface area contributed by atoms with E-state index < -0.39 is 0 Å². The molecular weight excluding hydrogens is 317 g/mol. The zero-order chi connectivity index (χ0) is 14.7. The molecule has 0 spiro atoms. The van der Waals surface area contributed by atoms with Crippen LogP contribution in [0.25, 0.3) is 0 Å². The van der Waals surface area contributed by atoms with Gasteiger partial charge in [0.15, 0.2) is 0 Å². The molecule has 0 aliphatic rings. The first-order valence-electron chi connectivity index (χ1n) is 5.92. The number of anilines is 1. The van der Waals surface area contributed by atoms with E-state index in [2.05, 4.69) is 10.3 Å². The van der Waals surface area contributed by atoms with Gasteiger partial charge in [-0.1, -0.05) is 23.2 Å². The van der Waals surface area contributed by atoms with E-state index in [1.165, 1.54) is 11.3 Å². The van der Waals surface area contributed by atoms with Gasteiger partial charge in [0, 0.05) is 16.8 Å². The number of carbonyl (C=O) groups is 1. The Kier molecular flexibility index (Phi) is 4.99. The molecule has 0 aliphatic heterocycles. The van der Waals surface area contributed by atoms with E-state index in [1.54, 1.807) is 17.5 Å². The summed E-state index contributed by atoms with van der Waals surface area (Å²) >= 11 is 13.5. The summed E-state index contributed by atoms with van der Waals surface area (Å²) in [4.78, 5) is 16.3. The Morgan fingerprint density at radius 3 is 2.85 bits per heavy atom.